The molecular formula is C10H14ClNO3S. The summed E-state index contributed by atoms with van der Waals surface area (Å²) in [5, 5.41) is 3.77. The number of halogens is 1. The standard InChI is InChI=1S/C10H14ClNO3S/c11-10-4-2-9(3-5-10)8-12-6-1-7-16(13,14)15/h2-5,12H,1,6-8H2,(H,13,14,15). The summed E-state index contributed by atoms with van der Waals surface area (Å²) in [6.45, 7) is 1.20. The van der Waals surface area contributed by atoms with E-state index in [4.69, 9.17) is 16.2 Å². The van der Waals surface area contributed by atoms with Crippen molar-refractivity contribution in [1.29, 1.82) is 0 Å². The van der Waals surface area contributed by atoms with Crippen molar-refractivity contribution in [3.8, 4) is 0 Å². The van der Waals surface area contributed by atoms with Crippen LogP contribution >= 0.6 is 11.6 Å². The molecule has 0 radical (unpaired) electrons. The zero-order valence-corrected chi connectivity index (χ0v) is 10.3. The third-order valence-electron chi connectivity index (χ3n) is 2.00. The highest BCUT2D eigenvalue weighted by atomic mass is 35.5. The van der Waals surface area contributed by atoms with Crippen LogP contribution in [0.15, 0.2) is 24.3 Å². The van der Waals surface area contributed by atoms with Gasteiger partial charge in [-0.25, -0.2) is 0 Å². The quantitative estimate of drug-likeness (QED) is 0.606. The summed E-state index contributed by atoms with van der Waals surface area (Å²) in [7, 11) is -3.83. The van der Waals surface area contributed by atoms with Crippen molar-refractivity contribution in [2.75, 3.05) is 12.3 Å². The third kappa shape index (κ3) is 6.07. The molecule has 0 spiro atoms. The highest BCUT2D eigenvalue weighted by molar-refractivity contribution is 7.85. The van der Waals surface area contributed by atoms with Crippen molar-refractivity contribution < 1.29 is 13.0 Å². The fraction of sp³-hybridized carbons (Fsp3) is 0.400. The van der Waals surface area contributed by atoms with E-state index in [2.05, 4.69) is 5.32 Å². The number of nitrogens with one attached hydrogen (secondary N) is 1. The topological polar surface area (TPSA) is 66.4 Å². The van der Waals surface area contributed by atoms with Crippen molar-refractivity contribution in [2.45, 2.75) is 13.0 Å². The maximum Gasteiger partial charge on any atom is 0.264 e. The maximum atomic E-state index is 10.4. The Morgan fingerprint density at radius 1 is 1.25 bits per heavy atom. The molecule has 6 heteroatoms. The van der Waals surface area contributed by atoms with Gasteiger partial charge in [-0.05, 0) is 30.7 Å². The van der Waals surface area contributed by atoms with Crippen molar-refractivity contribution in [1.82, 2.24) is 5.32 Å². The van der Waals surface area contributed by atoms with Gasteiger partial charge in [0.05, 0.1) is 5.75 Å². The molecule has 1 aromatic carbocycles. The third-order valence-corrected chi connectivity index (χ3v) is 3.05. The van der Waals surface area contributed by atoms with Gasteiger partial charge < -0.3 is 5.32 Å². The van der Waals surface area contributed by atoms with E-state index in [1.165, 1.54) is 0 Å². The highest BCUT2D eigenvalue weighted by Crippen LogP contribution is 2.08. The van der Waals surface area contributed by atoms with Crippen molar-refractivity contribution >= 4 is 21.7 Å². The average molecular weight is 264 g/mol. The summed E-state index contributed by atoms with van der Waals surface area (Å²) in [4.78, 5) is 0. The molecule has 0 bridgehead atoms. The first-order valence-corrected chi connectivity index (χ1v) is 6.86. The van der Waals surface area contributed by atoms with Gasteiger partial charge in [0, 0.05) is 11.6 Å². The lowest BCUT2D eigenvalue weighted by Gasteiger charge is -2.04. The Labute approximate surface area is 100 Å². The lowest BCUT2D eigenvalue weighted by molar-refractivity contribution is 0.479. The lowest BCUT2D eigenvalue weighted by atomic mass is 10.2. The Morgan fingerprint density at radius 2 is 1.88 bits per heavy atom. The summed E-state index contributed by atoms with van der Waals surface area (Å²) < 4.78 is 29.3. The van der Waals surface area contributed by atoms with Crippen LogP contribution in [0.3, 0.4) is 0 Å². The van der Waals surface area contributed by atoms with E-state index in [9.17, 15) is 8.42 Å². The van der Waals surface area contributed by atoms with Gasteiger partial charge in [0.15, 0.2) is 0 Å². The number of benzene rings is 1. The molecule has 90 valence electrons. The number of rotatable bonds is 6. The van der Waals surface area contributed by atoms with Crippen LogP contribution in [0.4, 0.5) is 0 Å². The Hall–Kier alpha value is -0.620. The van der Waals surface area contributed by atoms with E-state index in [1.54, 1.807) is 12.1 Å². The van der Waals surface area contributed by atoms with Crippen LogP contribution in [0.1, 0.15) is 12.0 Å². The van der Waals surface area contributed by atoms with E-state index in [-0.39, 0.29) is 5.75 Å². The second-order valence-electron chi connectivity index (χ2n) is 3.44. The van der Waals surface area contributed by atoms with Crippen LogP contribution in [-0.4, -0.2) is 25.3 Å². The molecular weight excluding hydrogens is 250 g/mol. The normalized spacial score (nSPS) is 11.6. The molecule has 0 heterocycles. The largest absolute Gasteiger partial charge is 0.313 e. The summed E-state index contributed by atoms with van der Waals surface area (Å²) in [5.41, 5.74) is 1.08. The van der Waals surface area contributed by atoms with Gasteiger partial charge >= 0.3 is 0 Å². The fourth-order valence-electron chi connectivity index (χ4n) is 1.21. The molecule has 0 atom stereocenters. The zero-order valence-electron chi connectivity index (χ0n) is 8.69. The second kappa shape index (κ2) is 6.20. The van der Waals surface area contributed by atoms with E-state index in [0.717, 1.165) is 5.56 Å². The van der Waals surface area contributed by atoms with E-state index < -0.39 is 10.1 Å². The predicted octanol–water partition coefficient (Wildman–Crippen LogP) is 1.71. The van der Waals surface area contributed by atoms with Gasteiger partial charge in [-0.1, -0.05) is 23.7 Å². The molecule has 0 saturated heterocycles. The first-order valence-electron chi connectivity index (χ1n) is 4.88. The van der Waals surface area contributed by atoms with Gasteiger partial charge in [0.2, 0.25) is 0 Å². The molecule has 0 amide bonds. The van der Waals surface area contributed by atoms with Crippen LogP contribution < -0.4 is 5.32 Å². The van der Waals surface area contributed by atoms with Crippen molar-refractivity contribution in [3.63, 3.8) is 0 Å². The molecule has 0 aromatic heterocycles. The minimum absolute atomic E-state index is 0.208. The molecule has 0 aliphatic heterocycles. The summed E-state index contributed by atoms with van der Waals surface area (Å²) in [6.07, 6.45) is 0.395. The monoisotopic (exact) mass is 263 g/mol. The summed E-state index contributed by atoms with van der Waals surface area (Å²) >= 11 is 5.73. The van der Waals surface area contributed by atoms with E-state index in [0.29, 0.717) is 24.5 Å². The summed E-state index contributed by atoms with van der Waals surface area (Å²) in [5.74, 6) is -0.208. The van der Waals surface area contributed by atoms with Gasteiger partial charge in [-0.15, -0.1) is 0 Å². The first kappa shape index (κ1) is 13.4. The molecule has 0 saturated carbocycles. The number of hydrogen-bond donors (Lipinski definition) is 2. The molecule has 16 heavy (non-hydrogen) atoms. The molecule has 2 N–H and O–H groups in total. The maximum absolute atomic E-state index is 10.4. The van der Waals surface area contributed by atoms with E-state index >= 15 is 0 Å². The van der Waals surface area contributed by atoms with E-state index in [1.807, 2.05) is 12.1 Å². The average Bonchev–Trinajstić information content (AvgIpc) is 2.19. The van der Waals surface area contributed by atoms with Crippen LogP contribution in [0, 0.1) is 0 Å². The molecule has 1 aromatic rings. The lowest BCUT2D eigenvalue weighted by Crippen LogP contribution is -2.17. The van der Waals surface area contributed by atoms with Crippen molar-refractivity contribution in [3.05, 3.63) is 34.9 Å². The molecule has 0 fully saturated rings. The Balaban J connectivity index is 2.19. The Morgan fingerprint density at radius 3 is 2.44 bits per heavy atom. The highest BCUT2D eigenvalue weighted by Gasteiger charge is 2.02. The van der Waals surface area contributed by atoms with Crippen LogP contribution in [0.25, 0.3) is 0 Å². The van der Waals surface area contributed by atoms with Crippen molar-refractivity contribution in [2.24, 2.45) is 0 Å². The smallest absolute Gasteiger partial charge is 0.264 e. The first-order chi connectivity index (χ1) is 7.47. The number of hydrogen-bond acceptors (Lipinski definition) is 3. The Kier molecular flexibility index (Phi) is 5.21. The SMILES string of the molecule is O=S(=O)(O)CCCNCc1ccc(Cl)cc1. The fourth-order valence-corrected chi connectivity index (χ4v) is 1.85. The van der Waals surface area contributed by atoms with Gasteiger partial charge in [-0.2, -0.15) is 8.42 Å². The second-order valence-corrected chi connectivity index (χ2v) is 5.45. The Bertz CT molecular complexity index is 416. The van der Waals surface area contributed by atoms with Gasteiger partial charge in [0.1, 0.15) is 0 Å². The minimum atomic E-state index is -3.83. The van der Waals surface area contributed by atoms with Crippen LogP contribution in [0.2, 0.25) is 5.02 Å². The molecule has 1 rings (SSSR count). The molecule has 0 aliphatic carbocycles. The molecule has 0 aliphatic rings. The molecule has 0 unspecified atom stereocenters. The van der Waals surface area contributed by atoms with Gasteiger partial charge in [-0.3, -0.25) is 4.55 Å². The van der Waals surface area contributed by atoms with Gasteiger partial charge in [0.25, 0.3) is 10.1 Å². The summed E-state index contributed by atoms with van der Waals surface area (Å²) in [6, 6.07) is 7.41. The zero-order chi connectivity index (χ0) is 12.0. The minimum Gasteiger partial charge on any atom is -0.313 e. The van der Waals surface area contributed by atoms with Crippen LogP contribution in [0.5, 0.6) is 0 Å². The predicted molar refractivity (Wildman–Crippen MR) is 64.2 cm³/mol. The molecule has 4 nitrogen and oxygen atoms in total. The van der Waals surface area contributed by atoms with Crippen LogP contribution in [-0.2, 0) is 16.7 Å².